The number of carboxylic acid groups (broad SMARTS) is 1. The zero-order valence-corrected chi connectivity index (χ0v) is 15.9. The Morgan fingerprint density at radius 2 is 1.48 bits per heavy atom. The van der Waals surface area contributed by atoms with Crippen molar-refractivity contribution >= 4 is 11.8 Å². The van der Waals surface area contributed by atoms with Crippen molar-refractivity contribution in [2.75, 3.05) is 5.73 Å². The second-order valence-corrected chi connectivity index (χ2v) is 7.05. The van der Waals surface area contributed by atoms with Crippen LogP contribution in [0.25, 0.3) is 0 Å². The number of nitrogens with zero attached hydrogens (tertiary/aromatic N) is 1. The van der Waals surface area contributed by atoms with Gasteiger partial charge in [0.05, 0.1) is 12.2 Å². The van der Waals surface area contributed by atoms with Crippen LogP contribution >= 0.6 is 0 Å². The number of anilines is 1. The third kappa shape index (κ3) is 9.47. The van der Waals surface area contributed by atoms with Gasteiger partial charge in [0.1, 0.15) is 6.04 Å². The summed E-state index contributed by atoms with van der Waals surface area (Å²) in [5.41, 5.74) is 5.87. The maximum Gasteiger partial charge on any atom is 0.272 e. The molecule has 1 unspecified atom stereocenters. The average molecular weight is 349 g/mol. The lowest BCUT2D eigenvalue weighted by atomic mass is 10.0. The number of carbonyl (C=O) groups excluding carboxylic acids is 1. The van der Waals surface area contributed by atoms with E-state index in [0.717, 1.165) is 12.8 Å². The summed E-state index contributed by atoms with van der Waals surface area (Å²) in [7, 11) is 0. The topological polar surface area (TPSA) is 70.0 Å². The second kappa shape index (κ2) is 13.7. The van der Waals surface area contributed by atoms with E-state index in [-0.39, 0.29) is 0 Å². The SMILES string of the molecule is CCCCCCCCCCCCCCC(C(=O)[O-])[n+]1ccccc1N. The first kappa shape index (κ1) is 21.5. The molecule has 1 heterocycles. The highest BCUT2D eigenvalue weighted by Crippen LogP contribution is 2.15. The number of nitrogens with two attached hydrogens (primary N) is 1. The van der Waals surface area contributed by atoms with Gasteiger partial charge in [-0.15, -0.1) is 0 Å². The number of rotatable bonds is 15. The highest BCUT2D eigenvalue weighted by Gasteiger charge is 2.18. The first-order valence-corrected chi connectivity index (χ1v) is 10.1. The van der Waals surface area contributed by atoms with Crippen molar-refractivity contribution in [2.45, 2.75) is 96.4 Å². The lowest BCUT2D eigenvalue weighted by Crippen LogP contribution is -2.50. The van der Waals surface area contributed by atoms with Gasteiger partial charge in [-0.25, -0.2) is 4.57 Å². The number of carboxylic acids is 1. The van der Waals surface area contributed by atoms with Gasteiger partial charge in [0.2, 0.25) is 0 Å². The third-order valence-electron chi connectivity index (χ3n) is 4.86. The van der Waals surface area contributed by atoms with Crippen LogP contribution in [-0.4, -0.2) is 5.97 Å². The second-order valence-electron chi connectivity index (χ2n) is 7.05. The molecule has 0 bridgehead atoms. The fourth-order valence-corrected chi connectivity index (χ4v) is 3.30. The zero-order valence-electron chi connectivity index (χ0n) is 15.9. The van der Waals surface area contributed by atoms with Crippen LogP contribution in [0, 0.1) is 0 Å². The number of carbonyl (C=O) groups is 1. The van der Waals surface area contributed by atoms with E-state index in [1.54, 1.807) is 22.9 Å². The third-order valence-corrected chi connectivity index (χ3v) is 4.86. The molecular formula is C21H36N2O2. The van der Waals surface area contributed by atoms with E-state index in [4.69, 9.17) is 5.73 Å². The molecule has 0 amide bonds. The Morgan fingerprint density at radius 3 is 1.96 bits per heavy atom. The molecule has 0 saturated carbocycles. The smallest absolute Gasteiger partial charge is 0.272 e. The summed E-state index contributed by atoms with van der Waals surface area (Å²) in [6, 6.07) is 4.67. The Labute approximate surface area is 153 Å². The molecular weight excluding hydrogens is 312 g/mol. The van der Waals surface area contributed by atoms with Crippen LogP contribution in [0.2, 0.25) is 0 Å². The fraction of sp³-hybridized carbons (Fsp3) is 0.714. The largest absolute Gasteiger partial charge is 0.546 e. The average Bonchev–Trinajstić information content (AvgIpc) is 2.60. The molecule has 0 saturated heterocycles. The standard InChI is InChI=1S/C21H36N2O2/c1-2-3-4-5-6-7-8-9-10-11-12-13-16-19(21(24)25)23-18-15-14-17-20(23)22/h14-15,17-19,22H,2-13,16H2,1H3,(H,24,25). The molecule has 25 heavy (non-hydrogen) atoms. The van der Waals surface area contributed by atoms with Crippen molar-refractivity contribution in [3.63, 3.8) is 0 Å². The number of hydrogen-bond acceptors (Lipinski definition) is 3. The summed E-state index contributed by atoms with van der Waals surface area (Å²) in [6.45, 7) is 2.25. The maximum atomic E-state index is 11.4. The van der Waals surface area contributed by atoms with Crippen LogP contribution in [0.15, 0.2) is 24.4 Å². The molecule has 1 rings (SSSR count). The Balaban J connectivity index is 2.08. The Bertz CT molecular complexity index is 477. The first-order chi connectivity index (χ1) is 12.2. The molecule has 142 valence electrons. The molecule has 4 heteroatoms. The van der Waals surface area contributed by atoms with E-state index in [9.17, 15) is 9.90 Å². The van der Waals surface area contributed by atoms with Gasteiger partial charge in [0, 0.05) is 6.07 Å². The van der Waals surface area contributed by atoms with Crippen LogP contribution in [-0.2, 0) is 4.79 Å². The molecule has 0 spiro atoms. The van der Waals surface area contributed by atoms with Gasteiger partial charge in [-0.05, 0) is 18.9 Å². The van der Waals surface area contributed by atoms with Crippen molar-refractivity contribution in [3.05, 3.63) is 24.4 Å². The number of aliphatic carboxylic acids is 1. The van der Waals surface area contributed by atoms with Gasteiger partial charge in [-0.2, -0.15) is 0 Å². The summed E-state index contributed by atoms with van der Waals surface area (Å²) >= 11 is 0. The number of hydrogen-bond donors (Lipinski definition) is 1. The van der Waals surface area contributed by atoms with Gasteiger partial charge < -0.3 is 9.90 Å². The van der Waals surface area contributed by atoms with Crippen LogP contribution in [0.4, 0.5) is 5.82 Å². The van der Waals surface area contributed by atoms with E-state index < -0.39 is 12.0 Å². The lowest BCUT2D eigenvalue weighted by molar-refractivity contribution is -0.703. The van der Waals surface area contributed by atoms with Crippen LogP contribution in [0.3, 0.4) is 0 Å². The van der Waals surface area contributed by atoms with Gasteiger partial charge in [0.15, 0.2) is 0 Å². The zero-order chi connectivity index (χ0) is 18.3. The van der Waals surface area contributed by atoms with Crippen molar-refractivity contribution in [1.29, 1.82) is 0 Å². The Morgan fingerprint density at radius 1 is 0.960 bits per heavy atom. The van der Waals surface area contributed by atoms with Crippen molar-refractivity contribution < 1.29 is 14.5 Å². The van der Waals surface area contributed by atoms with E-state index >= 15 is 0 Å². The van der Waals surface area contributed by atoms with Crippen LogP contribution < -0.4 is 15.4 Å². The highest BCUT2D eigenvalue weighted by atomic mass is 16.4. The van der Waals surface area contributed by atoms with Crippen LogP contribution in [0.1, 0.15) is 96.4 Å². The van der Waals surface area contributed by atoms with Crippen molar-refractivity contribution in [1.82, 2.24) is 0 Å². The van der Waals surface area contributed by atoms with E-state index in [1.165, 1.54) is 64.2 Å². The van der Waals surface area contributed by atoms with Gasteiger partial charge in [-0.1, -0.05) is 83.6 Å². The molecule has 4 nitrogen and oxygen atoms in total. The molecule has 0 fully saturated rings. The predicted molar refractivity (Wildman–Crippen MR) is 101 cm³/mol. The lowest BCUT2D eigenvalue weighted by Gasteiger charge is -2.17. The summed E-state index contributed by atoms with van der Waals surface area (Å²) in [4.78, 5) is 11.4. The monoisotopic (exact) mass is 348 g/mol. The number of nitrogen functional groups attached to an aromatic ring is 1. The quantitative estimate of drug-likeness (QED) is 0.385. The summed E-state index contributed by atoms with van der Waals surface area (Å²) in [5, 5.41) is 11.4. The first-order valence-electron chi connectivity index (χ1n) is 10.1. The minimum Gasteiger partial charge on any atom is -0.546 e. The van der Waals surface area contributed by atoms with Crippen LogP contribution in [0.5, 0.6) is 0 Å². The predicted octanol–water partition coefficient (Wildman–Crippen LogP) is 3.94. The molecule has 0 radical (unpaired) electrons. The van der Waals surface area contributed by atoms with Crippen molar-refractivity contribution in [3.8, 4) is 0 Å². The minimum absolute atomic E-state index is 0.468. The van der Waals surface area contributed by atoms with Crippen molar-refractivity contribution in [2.24, 2.45) is 0 Å². The summed E-state index contributed by atoms with van der Waals surface area (Å²) in [6.07, 6.45) is 17.6. The normalized spacial score (nSPS) is 12.2. The number of aromatic nitrogens is 1. The highest BCUT2D eigenvalue weighted by molar-refractivity contribution is 5.67. The number of pyridine rings is 1. The molecule has 1 aromatic heterocycles. The van der Waals surface area contributed by atoms with Gasteiger partial charge in [0.25, 0.3) is 5.82 Å². The molecule has 0 aromatic carbocycles. The van der Waals surface area contributed by atoms with E-state index in [2.05, 4.69) is 6.92 Å². The molecule has 0 aliphatic carbocycles. The summed E-state index contributed by atoms with van der Waals surface area (Å²) < 4.78 is 1.61. The molecule has 2 N–H and O–H groups in total. The molecule has 1 atom stereocenters. The molecule has 0 aliphatic rings. The van der Waals surface area contributed by atoms with E-state index in [1.807, 2.05) is 6.07 Å². The summed E-state index contributed by atoms with van der Waals surface area (Å²) in [5.74, 6) is -0.582. The molecule has 1 aromatic rings. The molecule has 0 aliphatic heterocycles. The van der Waals surface area contributed by atoms with Gasteiger partial charge >= 0.3 is 0 Å². The number of unbranched alkanes of at least 4 members (excludes halogenated alkanes) is 11. The maximum absolute atomic E-state index is 11.4. The van der Waals surface area contributed by atoms with E-state index in [0.29, 0.717) is 12.2 Å². The minimum atomic E-state index is -1.05. The van der Waals surface area contributed by atoms with Gasteiger partial charge in [-0.3, -0.25) is 5.73 Å². The Kier molecular flexibility index (Phi) is 11.7. The Hall–Kier alpha value is -1.58. The fourth-order valence-electron chi connectivity index (χ4n) is 3.30.